The molecule has 21 heavy (non-hydrogen) atoms. The molecule has 7 heteroatoms. The van der Waals surface area contributed by atoms with Crippen molar-refractivity contribution in [3.63, 3.8) is 0 Å². The zero-order valence-corrected chi connectivity index (χ0v) is 12.2. The topological polar surface area (TPSA) is 94.6 Å². The number of pyridine rings is 1. The van der Waals surface area contributed by atoms with Crippen LogP contribution < -0.4 is 11.3 Å². The highest BCUT2D eigenvalue weighted by molar-refractivity contribution is 6.32. The van der Waals surface area contributed by atoms with Gasteiger partial charge in [0.05, 0.1) is 12.1 Å². The molecule has 2 aromatic rings. The Kier molecular flexibility index (Phi) is 4.50. The van der Waals surface area contributed by atoms with Gasteiger partial charge < -0.3 is 15.7 Å². The molecule has 3 N–H and O–H groups in total. The molecule has 0 spiro atoms. The molecule has 0 saturated carbocycles. The van der Waals surface area contributed by atoms with Crippen molar-refractivity contribution in [1.82, 2.24) is 4.68 Å². The molecule has 0 radical (unpaired) electrons. The quantitative estimate of drug-likeness (QED) is 0.651. The van der Waals surface area contributed by atoms with E-state index in [1.807, 2.05) is 0 Å². The average molecular weight is 311 g/mol. The average Bonchev–Trinajstić information content (AvgIpc) is 2.45. The number of hydrogen-bond acceptors (Lipinski definition) is 5. The summed E-state index contributed by atoms with van der Waals surface area (Å²) in [6.07, 6.45) is 1.48. The second kappa shape index (κ2) is 6.15. The molecule has 1 aromatic heterocycles. The number of nitrogen functional groups attached to an aromatic ring is 1. The Morgan fingerprint density at radius 2 is 2.19 bits per heavy atom. The Bertz CT molecular complexity index is 755. The van der Waals surface area contributed by atoms with Gasteiger partial charge >= 0.3 is 5.97 Å². The minimum absolute atomic E-state index is 0.132. The highest BCUT2D eigenvalue weighted by atomic mass is 35.5. The summed E-state index contributed by atoms with van der Waals surface area (Å²) < 4.78 is 6.01. The van der Waals surface area contributed by atoms with Gasteiger partial charge in [0.25, 0.3) is 0 Å². The van der Waals surface area contributed by atoms with Crippen LogP contribution in [0.2, 0.25) is 5.02 Å². The highest BCUT2D eigenvalue weighted by Crippen LogP contribution is 2.24. The van der Waals surface area contributed by atoms with E-state index < -0.39 is 11.4 Å². The number of rotatable bonds is 4. The lowest BCUT2D eigenvalue weighted by Gasteiger charge is -2.13. The van der Waals surface area contributed by atoms with Gasteiger partial charge in [-0.05, 0) is 31.0 Å². The fourth-order valence-electron chi connectivity index (χ4n) is 2.20. The van der Waals surface area contributed by atoms with E-state index in [1.165, 1.54) is 16.9 Å². The van der Waals surface area contributed by atoms with Gasteiger partial charge in [-0.3, -0.25) is 9.47 Å². The minimum atomic E-state index is -0.720. The maximum atomic E-state index is 12.4. The van der Waals surface area contributed by atoms with Gasteiger partial charge in [-0.25, -0.2) is 4.79 Å². The van der Waals surface area contributed by atoms with Gasteiger partial charge in [-0.1, -0.05) is 11.6 Å². The summed E-state index contributed by atoms with van der Waals surface area (Å²) in [6.45, 7) is 1.68. The Hall–Kier alpha value is -2.05. The Morgan fingerprint density at radius 3 is 2.81 bits per heavy atom. The van der Waals surface area contributed by atoms with Crippen LogP contribution in [0.5, 0.6) is 0 Å². The lowest BCUT2D eigenvalue weighted by molar-refractivity contribution is 0.0524. The van der Waals surface area contributed by atoms with Gasteiger partial charge in [0.1, 0.15) is 5.56 Å². The summed E-state index contributed by atoms with van der Waals surface area (Å²) in [7, 11) is 0. The van der Waals surface area contributed by atoms with Crippen LogP contribution in [0.1, 0.15) is 22.8 Å². The third-order valence-corrected chi connectivity index (χ3v) is 3.45. The van der Waals surface area contributed by atoms with E-state index in [0.717, 1.165) is 0 Å². The summed E-state index contributed by atoms with van der Waals surface area (Å²) in [5, 5.41) is 9.78. The van der Waals surface area contributed by atoms with Crippen molar-refractivity contribution in [2.75, 3.05) is 19.1 Å². The number of aliphatic hydroxyl groups is 1. The van der Waals surface area contributed by atoms with Crippen molar-refractivity contribution < 1.29 is 14.6 Å². The number of carbonyl (C=O) groups excluding carboxylic acids is 1. The molecule has 0 fully saturated rings. The van der Waals surface area contributed by atoms with Crippen LogP contribution in [0.3, 0.4) is 0 Å². The van der Waals surface area contributed by atoms with E-state index in [9.17, 15) is 9.59 Å². The maximum Gasteiger partial charge on any atom is 0.343 e. The molecule has 2 rings (SSSR count). The number of halogens is 1. The molecule has 1 heterocycles. The first-order valence-electron chi connectivity index (χ1n) is 6.41. The summed E-state index contributed by atoms with van der Waals surface area (Å²) in [4.78, 5) is 24.2. The van der Waals surface area contributed by atoms with Gasteiger partial charge in [-0.2, -0.15) is 0 Å². The second-order valence-corrected chi connectivity index (χ2v) is 4.80. The summed E-state index contributed by atoms with van der Waals surface area (Å²) in [5.74, 6) is 5.17. The van der Waals surface area contributed by atoms with Crippen molar-refractivity contribution in [2.24, 2.45) is 0 Å². The molecule has 0 saturated heterocycles. The van der Waals surface area contributed by atoms with E-state index in [2.05, 4.69) is 0 Å². The third kappa shape index (κ3) is 2.72. The van der Waals surface area contributed by atoms with E-state index >= 15 is 0 Å². The maximum absolute atomic E-state index is 12.4. The van der Waals surface area contributed by atoms with Crippen LogP contribution >= 0.6 is 11.6 Å². The molecular weight excluding hydrogens is 296 g/mol. The lowest BCUT2D eigenvalue weighted by atomic mass is 10.0. The van der Waals surface area contributed by atoms with Crippen molar-refractivity contribution >= 4 is 28.5 Å². The van der Waals surface area contributed by atoms with Crippen LogP contribution in [-0.4, -0.2) is 29.0 Å². The number of carbonyl (C=O) groups is 1. The van der Waals surface area contributed by atoms with Crippen molar-refractivity contribution in [3.05, 3.63) is 44.7 Å². The van der Waals surface area contributed by atoms with Crippen molar-refractivity contribution in [3.8, 4) is 0 Å². The minimum Gasteiger partial charge on any atom is -0.462 e. The van der Waals surface area contributed by atoms with E-state index in [0.29, 0.717) is 16.1 Å². The number of nitrogens with two attached hydrogens (primary N) is 1. The Labute approximate surface area is 125 Å². The van der Waals surface area contributed by atoms with Crippen LogP contribution in [0.4, 0.5) is 0 Å². The molecule has 0 aliphatic carbocycles. The second-order valence-electron chi connectivity index (χ2n) is 4.40. The van der Waals surface area contributed by atoms with E-state index in [4.69, 9.17) is 27.3 Å². The lowest BCUT2D eigenvalue weighted by Crippen LogP contribution is -2.24. The predicted molar refractivity (Wildman–Crippen MR) is 80.1 cm³/mol. The smallest absolute Gasteiger partial charge is 0.343 e. The predicted octanol–water partition coefficient (Wildman–Crippen LogP) is 1.08. The molecule has 112 valence electrons. The van der Waals surface area contributed by atoms with Crippen LogP contribution in [-0.2, 0) is 11.2 Å². The monoisotopic (exact) mass is 310 g/mol. The number of ether oxygens (including phenoxy) is 1. The largest absolute Gasteiger partial charge is 0.462 e. The fourth-order valence-corrected chi connectivity index (χ4v) is 2.45. The normalized spacial score (nSPS) is 10.8. The van der Waals surface area contributed by atoms with Gasteiger partial charge in [-0.15, -0.1) is 0 Å². The highest BCUT2D eigenvalue weighted by Gasteiger charge is 2.18. The molecule has 0 unspecified atom stereocenters. The molecule has 0 amide bonds. The zero-order chi connectivity index (χ0) is 15.6. The van der Waals surface area contributed by atoms with Crippen LogP contribution in [0.15, 0.2) is 23.1 Å². The van der Waals surface area contributed by atoms with Crippen LogP contribution in [0, 0.1) is 0 Å². The first-order chi connectivity index (χ1) is 10.0. The number of hydrogen-bond donors (Lipinski definition) is 2. The first kappa shape index (κ1) is 15.3. The summed E-state index contributed by atoms with van der Waals surface area (Å²) >= 11 is 6.08. The number of esters is 1. The molecule has 0 aliphatic heterocycles. The third-order valence-electron chi connectivity index (χ3n) is 3.10. The molecule has 1 aromatic carbocycles. The number of aromatic nitrogens is 1. The molecule has 0 aliphatic rings. The van der Waals surface area contributed by atoms with Crippen molar-refractivity contribution in [2.45, 2.75) is 13.3 Å². The summed E-state index contributed by atoms with van der Waals surface area (Å²) in [5.41, 5.74) is 0.353. The van der Waals surface area contributed by atoms with Gasteiger partial charge in [0.15, 0.2) is 0 Å². The van der Waals surface area contributed by atoms with Crippen molar-refractivity contribution in [1.29, 1.82) is 0 Å². The zero-order valence-electron chi connectivity index (χ0n) is 11.4. The Balaban J connectivity index is 2.78. The van der Waals surface area contributed by atoms with Gasteiger partial charge in [0.2, 0.25) is 5.43 Å². The number of benzene rings is 1. The van der Waals surface area contributed by atoms with E-state index in [1.54, 1.807) is 13.0 Å². The van der Waals surface area contributed by atoms with Crippen LogP contribution in [0.25, 0.3) is 10.9 Å². The Morgan fingerprint density at radius 1 is 1.48 bits per heavy atom. The number of aliphatic hydroxyl groups excluding tert-OH is 1. The number of fused-ring (bicyclic) bond motifs is 1. The molecule has 0 atom stereocenters. The molecular formula is C14H15ClN2O4. The number of nitrogens with zero attached hydrogens (tertiary/aromatic N) is 1. The van der Waals surface area contributed by atoms with Gasteiger partial charge in [0, 0.05) is 23.2 Å². The van der Waals surface area contributed by atoms with E-state index in [-0.39, 0.29) is 30.6 Å². The fraction of sp³-hybridized carbons (Fsp3) is 0.286. The summed E-state index contributed by atoms with van der Waals surface area (Å²) in [6, 6.07) is 3.05. The molecule has 6 nitrogen and oxygen atoms in total. The SMILES string of the molecule is CCOC(=O)c1cn(N)c2c(CCO)c(Cl)ccc2c1=O. The first-order valence-corrected chi connectivity index (χ1v) is 6.78. The standard InChI is InChI=1S/C14H15ClN2O4/c1-2-21-14(20)10-7-17(16)12-8(5-6-18)11(15)4-3-9(12)13(10)19/h3-4,7,18H,2,5-6,16H2,1H3. The molecule has 0 bridgehead atoms.